The lowest BCUT2D eigenvalue weighted by molar-refractivity contribution is -0.121. The molecule has 1 aliphatic rings. The highest BCUT2D eigenvalue weighted by molar-refractivity contribution is 7.13. The standard InChI is InChI=1S/C18H17N3O4S/c1-11(12-4-5-13-14(9-12)24-10-23-13)19-16(22)6-7-17-20-18(21-25-17)15-3-2-8-26-15/h2-5,8-9,11H,6-7,10H2,1H3,(H,19,22). The van der Waals surface area contributed by atoms with Gasteiger partial charge in [-0.15, -0.1) is 11.3 Å². The van der Waals surface area contributed by atoms with Gasteiger partial charge >= 0.3 is 0 Å². The molecule has 3 aromatic rings. The minimum Gasteiger partial charge on any atom is -0.454 e. The van der Waals surface area contributed by atoms with Gasteiger partial charge in [0.25, 0.3) is 0 Å². The second-order valence-corrected chi connectivity index (χ2v) is 6.84. The number of carbonyl (C=O) groups is 1. The van der Waals surface area contributed by atoms with Crippen molar-refractivity contribution >= 4 is 17.2 Å². The average molecular weight is 371 g/mol. The Morgan fingerprint density at radius 1 is 1.31 bits per heavy atom. The lowest BCUT2D eigenvalue weighted by atomic mass is 10.1. The lowest BCUT2D eigenvalue weighted by Crippen LogP contribution is -2.26. The summed E-state index contributed by atoms with van der Waals surface area (Å²) in [5, 5.41) is 8.87. The van der Waals surface area contributed by atoms with E-state index in [1.165, 1.54) is 0 Å². The summed E-state index contributed by atoms with van der Waals surface area (Å²) in [4.78, 5) is 17.5. The largest absolute Gasteiger partial charge is 0.454 e. The smallest absolute Gasteiger partial charge is 0.231 e. The molecular weight excluding hydrogens is 354 g/mol. The van der Waals surface area contributed by atoms with E-state index in [-0.39, 0.29) is 25.2 Å². The summed E-state index contributed by atoms with van der Waals surface area (Å²) in [6.07, 6.45) is 0.680. The summed E-state index contributed by atoms with van der Waals surface area (Å²) < 4.78 is 15.9. The van der Waals surface area contributed by atoms with Crippen LogP contribution < -0.4 is 14.8 Å². The van der Waals surface area contributed by atoms with Crippen molar-refractivity contribution in [2.45, 2.75) is 25.8 Å². The number of carbonyl (C=O) groups excluding carboxylic acids is 1. The van der Waals surface area contributed by atoms with Crippen LogP contribution in [0, 0.1) is 0 Å². The van der Waals surface area contributed by atoms with Crippen LogP contribution in [0.25, 0.3) is 10.7 Å². The van der Waals surface area contributed by atoms with Gasteiger partial charge in [-0.3, -0.25) is 4.79 Å². The van der Waals surface area contributed by atoms with Crippen LogP contribution in [0.1, 0.15) is 30.8 Å². The van der Waals surface area contributed by atoms with Crippen LogP contribution in [-0.4, -0.2) is 22.8 Å². The fourth-order valence-electron chi connectivity index (χ4n) is 2.66. The molecule has 26 heavy (non-hydrogen) atoms. The number of aryl methyl sites for hydroxylation is 1. The molecule has 1 amide bonds. The monoisotopic (exact) mass is 371 g/mol. The Hall–Kier alpha value is -2.87. The fourth-order valence-corrected chi connectivity index (χ4v) is 3.31. The molecule has 1 aromatic carbocycles. The molecule has 8 heteroatoms. The van der Waals surface area contributed by atoms with E-state index in [4.69, 9.17) is 14.0 Å². The number of nitrogens with zero attached hydrogens (tertiary/aromatic N) is 2. The summed E-state index contributed by atoms with van der Waals surface area (Å²) in [6.45, 7) is 2.16. The van der Waals surface area contributed by atoms with Crippen molar-refractivity contribution in [3.63, 3.8) is 0 Å². The van der Waals surface area contributed by atoms with E-state index < -0.39 is 0 Å². The van der Waals surface area contributed by atoms with Gasteiger partial charge in [-0.05, 0) is 36.1 Å². The van der Waals surface area contributed by atoms with Crippen molar-refractivity contribution < 1.29 is 18.8 Å². The number of benzene rings is 1. The Morgan fingerprint density at radius 2 is 2.19 bits per heavy atom. The van der Waals surface area contributed by atoms with Crippen LogP contribution in [0.5, 0.6) is 11.5 Å². The zero-order chi connectivity index (χ0) is 17.9. The van der Waals surface area contributed by atoms with Crippen LogP contribution in [0.15, 0.2) is 40.2 Å². The van der Waals surface area contributed by atoms with Crippen LogP contribution in [-0.2, 0) is 11.2 Å². The van der Waals surface area contributed by atoms with Gasteiger partial charge in [-0.2, -0.15) is 4.98 Å². The molecule has 0 aliphatic carbocycles. The van der Waals surface area contributed by atoms with Gasteiger partial charge in [0.1, 0.15) is 0 Å². The summed E-state index contributed by atoms with van der Waals surface area (Å²) in [7, 11) is 0. The third-order valence-electron chi connectivity index (χ3n) is 4.05. The summed E-state index contributed by atoms with van der Waals surface area (Å²) in [6, 6.07) is 9.38. The van der Waals surface area contributed by atoms with Gasteiger partial charge in [-0.1, -0.05) is 17.3 Å². The quantitative estimate of drug-likeness (QED) is 0.715. The maximum Gasteiger partial charge on any atom is 0.231 e. The minimum absolute atomic E-state index is 0.0777. The Kier molecular flexibility index (Phi) is 4.57. The molecule has 1 N–H and O–H groups in total. The van der Waals surface area contributed by atoms with E-state index in [0.29, 0.717) is 23.9 Å². The van der Waals surface area contributed by atoms with Crippen LogP contribution >= 0.6 is 11.3 Å². The topological polar surface area (TPSA) is 86.5 Å². The van der Waals surface area contributed by atoms with Crippen LogP contribution in [0.3, 0.4) is 0 Å². The Labute approximate surface area is 153 Å². The van der Waals surface area contributed by atoms with Crippen LogP contribution in [0.4, 0.5) is 0 Å². The first-order valence-corrected chi connectivity index (χ1v) is 9.12. The van der Waals surface area contributed by atoms with E-state index in [1.807, 2.05) is 42.6 Å². The lowest BCUT2D eigenvalue weighted by Gasteiger charge is -2.14. The second kappa shape index (κ2) is 7.17. The number of aromatic nitrogens is 2. The number of amides is 1. The van der Waals surface area contributed by atoms with Gasteiger partial charge < -0.3 is 19.3 Å². The van der Waals surface area contributed by atoms with Crippen molar-refractivity contribution in [3.8, 4) is 22.2 Å². The normalized spacial score (nSPS) is 13.6. The summed E-state index contributed by atoms with van der Waals surface area (Å²) in [5.41, 5.74) is 0.959. The molecule has 2 aromatic heterocycles. The van der Waals surface area contributed by atoms with Gasteiger partial charge in [0.05, 0.1) is 10.9 Å². The second-order valence-electron chi connectivity index (χ2n) is 5.89. The van der Waals surface area contributed by atoms with Gasteiger partial charge in [0.15, 0.2) is 11.5 Å². The number of nitrogens with one attached hydrogen (secondary N) is 1. The molecule has 1 aliphatic heterocycles. The third kappa shape index (κ3) is 3.55. The van der Waals surface area contributed by atoms with Crippen molar-refractivity contribution in [2.24, 2.45) is 0 Å². The number of fused-ring (bicyclic) bond motifs is 1. The minimum atomic E-state index is -0.138. The SMILES string of the molecule is CC(NC(=O)CCc1nc(-c2cccs2)no1)c1ccc2c(c1)OCO2. The first-order chi connectivity index (χ1) is 12.7. The first kappa shape index (κ1) is 16.6. The maximum absolute atomic E-state index is 12.2. The molecule has 0 saturated heterocycles. The molecule has 0 fully saturated rings. The van der Waals surface area contributed by atoms with Gasteiger partial charge in [0.2, 0.25) is 24.4 Å². The molecule has 3 heterocycles. The third-order valence-corrected chi connectivity index (χ3v) is 4.92. The van der Waals surface area contributed by atoms with Crippen LogP contribution in [0.2, 0.25) is 0 Å². The van der Waals surface area contributed by atoms with Crippen molar-refractivity contribution in [2.75, 3.05) is 6.79 Å². The number of rotatable bonds is 6. The molecule has 134 valence electrons. The van der Waals surface area contributed by atoms with Crippen molar-refractivity contribution in [3.05, 3.63) is 47.2 Å². The average Bonchev–Trinajstić information content (AvgIpc) is 3.40. The van der Waals surface area contributed by atoms with E-state index in [1.54, 1.807) is 11.3 Å². The Bertz CT molecular complexity index is 907. The van der Waals surface area contributed by atoms with E-state index in [9.17, 15) is 4.79 Å². The molecule has 7 nitrogen and oxygen atoms in total. The van der Waals surface area contributed by atoms with E-state index in [0.717, 1.165) is 16.2 Å². The molecule has 1 unspecified atom stereocenters. The summed E-state index contributed by atoms with van der Waals surface area (Å²) >= 11 is 1.54. The van der Waals surface area contributed by atoms with Gasteiger partial charge in [0, 0.05) is 12.8 Å². The number of thiophene rings is 1. The zero-order valence-electron chi connectivity index (χ0n) is 14.1. The van der Waals surface area contributed by atoms with Gasteiger partial charge in [-0.25, -0.2) is 0 Å². The Balaban J connectivity index is 1.31. The maximum atomic E-state index is 12.2. The summed E-state index contributed by atoms with van der Waals surface area (Å²) in [5.74, 6) is 2.37. The van der Waals surface area contributed by atoms with E-state index >= 15 is 0 Å². The highest BCUT2D eigenvalue weighted by Gasteiger charge is 2.17. The predicted molar refractivity (Wildman–Crippen MR) is 95.1 cm³/mol. The highest BCUT2D eigenvalue weighted by atomic mass is 32.1. The highest BCUT2D eigenvalue weighted by Crippen LogP contribution is 2.34. The predicted octanol–water partition coefficient (Wildman–Crippen LogP) is 3.34. The fraction of sp³-hybridized carbons (Fsp3) is 0.278. The number of ether oxygens (including phenoxy) is 2. The number of hydrogen-bond donors (Lipinski definition) is 1. The molecule has 0 saturated carbocycles. The number of hydrogen-bond acceptors (Lipinski definition) is 7. The molecule has 4 rings (SSSR count). The molecule has 1 atom stereocenters. The van der Waals surface area contributed by atoms with Crippen molar-refractivity contribution in [1.29, 1.82) is 0 Å². The van der Waals surface area contributed by atoms with E-state index in [2.05, 4.69) is 15.5 Å². The molecule has 0 radical (unpaired) electrons. The molecular formula is C18H17N3O4S. The zero-order valence-corrected chi connectivity index (χ0v) is 14.9. The molecule has 0 bridgehead atoms. The molecule has 0 spiro atoms. The van der Waals surface area contributed by atoms with Crippen molar-refractivity contribution in [1.82, 2.24) is 15.5 Å². The first-order valence-electron chi connectivity index (χ1n) is 8.24. The Morgan fingerprint density at radius 3 is 3.04 bits per heavy atom.